The van der Waals surface area contributed by atoms with Crippen LogP contribution in [-0.4, -0.2) is 66.6 Å². The minimum atomic E-state index is -1.96. The Labute approximate surface area is 131 Å². The van der Waals surface area contributed by atoms with Gasteiger partial charge in [0.15, 0.2) is 6.10 Å². The van der Waals surface area contributed by atoms with Crippen LogP contribution in [0.3, 0.4) is 0 Å². The predicted octanol–water partition coefficient (Wildman–Crippen LogP) is -0.523. The highest BCUT2D eigenvalue weighted by atomic mass is 16.7. The summed E-state index contributed by atoms with van der Waals surface area (Å²) in [5.41, 5.74) is 0.433. The second-order valence-electron chi connectivity index (χ2n) is 5.40. The maximum absolute atomic E-state index is 12.2. The molecule has 0 saturated carbocycles. The predicted molar refractivity (Wildman–Crippen MR) is 73.6 cm³/mol. The first kappa shape index (κ1) is 15.9. The summed E-state index contributed by atoms with van der Waals surface area (Å²) < 4.78 is 20.2. The van der Waals surface area contributed by atoms with Gasteiger partial charge in [0, 0.05) is 0 Å². The summed E-state index contributed by atoms with van der Waals surface area (Å²) in [6, 6.07) is 5.59. The van der Waals surface area contributed by atoms with Crippen molar-refractivity contribution < 1.29 is 38.7 Å². The first-order valence-electron chi connectivity index (χ1n) is 7.00. The molecule has 0 unspecified atom stereocenters. The normalized spacial score (nSPS) is 32.4. The number of carbonyl (C=O) groups is 2. The number of hydrogen-bond donors (Lipinski definition) is 2. The maximum atomic E-state index is 12.2. The molecule has 0 bridgehead atoms. The fourth-order valence-corrected chi connectivity index (χ4v) is 2.64. The van der Waals surface area contributed by atoms with Gasteiger partial charge in [0.05, 0.1) is 24.8 Å². The van der Waals surface area contributed by atoms with Crippen molar-refractivity contribution >= 4 is 11.9 Å². The van der Waals surface area contributed by atoms with E-state index in [1.54, 1.807) is 0 Å². The summed E-state index contributed by atoms with van der Waals surface area (Å²) in [6.07, 6.45) is -2.53. The van der Waals surface area contributed by atoms with Gasteiger partial charge >= 0.3 is 11.9 Å². The van der Waals surface area contributed by atoms with Gasteiger partial charge in [-0.15, -0.1) is 0 Å². The monoisotopic (exact) mass is 324 g/mol. The third-order valence-corrected chi connectivity index (χ3v) is 3.86. The number of carbonyl (C=O) groups excluding carboxylic acids is 2. The molecule has 0 radical (unpaired) electrons. The van der Waals surface area contributed by atoms with Crippen molar-refractivity contribution in [3.05, 3.63) is 35.4 Å². The molecule has 0 amide bonds. The maximum Gasteiger partial charge on any atom is 0.340 e. The smallest absolute Gasteiger partial charge is 0.340 e. The Hall–Kier alpha value is -2.00. The van der Waals surface area contributed by atoms with E-state index in [4.69, 9.17) is 14.2 Å². The van der Waals surface area contributed by atoms with Gasteiger partial charge in [0.25, 0.3) is 5.79 Å². The average molecular weight is 324 g/mol. The van der Waals surface area contributed by atoms with E-state index in [2.05, 4.69) is 4.74 Å². The number of hydrogen-bond acceptors (Lipinski definition) is 8. The molecular weight excluding hydrogens is 308 g/mol. The van der Waals surface area contributed by atoms with E-state index in [-0.39, 0.29) is 24.3 Å². The zero-order chi connectivity index (χ0) is 16.6. The van der Waals surface area contributed by atoms with Gasteiger partial charge in [-0.05, 0) is 24.3 Å². The Bertz CT molecular complexity index is 612. The summed E-state index contributed by atoms with van der Waals surface area (Å²) in [6.45, 7) is -0.283. The first-order chi connectivity index (χ1) is 10.9. The largest absolute Gasteiger partial charge is 0.465 e. The Balaban J connectivity index is 1.71. The zero-order valence-corrected chi connectivity index (χ0v) is 12.3. The number of rotatable bonds is 3. The highest BCUT2D eigenvalue weighted by molar-refractivity contribution is 5.93. The number of aliphatic hydroxyl groups excluding tert-OH is 1. The van der Waals surface area contributed by atoms with Gasteiger partial charge in [-0.25, -0.2) is 9.59 Å². The van der Waals surface area contributed by atoms with E-state index >= 15 is 0 Å². The van der Waals surface area contributed by atoms with Crippen LogP contribution in [0.4, 0.5) is 0 Å². The lowest BCUT2D eigenvalue weighted by atomic mass is 10.1. The van der Waals surface area contributed by atoms with E-state index in [0.29, 0.717) is 0 Å². The minimum Gasteiger partial charge on any atom is -0.465 e. The molecule has 2 heterocycles. The van der Waals surface area contributed by atoms with Crippen LogP contribution in [0.5, 0.6) is 0 Å². The van der Waals surface area contributed by atoms with Gasteiger partial charge in [-0.2, -0.15) is 0 Å². The summed E-state index contributed by atoms with van der Waals surface area (Å²) in [7, 11) is 1.26. The molecule has 0 spiro atoms. The highest BCUT2D eigenvalue weighted by Crippen LogP contribution is 2.35. The molecule has 2 aliphatic heterocycles. The van der Waals surface area contributed by atoms with E-state index in [0.717, 1.165) is 0 Å². The Morgan fingerprint density at radius 1 is 1.17 bits per heavy atom. The van der Waals surface area contributed by atoms with E-state index in [1.807, 2.05) is 0 Å². The molecule has 2 saturated heterocycles. The zero-order valence-electron chi connectivity index (χ0n) is 12.3. The van der Waals surface area contributed by atoms with Crippen LogP contribution in [-0.2, 0) is 18.9 Å². The van der Waals surface area contributed by atoms with Crippen molar-refractivity contribution in [1.82, 2.24) is 0 Å². The highest BCUT2D eigenvalue weighted by Gasteiger charge is 2.58. The number of aliphatic hydroxyl groups is 2. The molecule has 2 N–H and O–H groups in total. The summed E-state index contributed by atoms with van der Waals surface area (Å²) in [4.78, 5) is 23.5. The van der Waals surface area contributed by atoms with Crippen LogP contribution in [0, 0.1) is 0 Å². The van der Waals surface area contributed by atoms with Crippen LogP contribution in [0.1, 0.15) is 20.7 Å². The van der Waals surface area contributed by atoms with E-state index in [1.165, 1.54) is 31.4 Å². The van der Waals surface area contributed by atoms with Crippen LogP contribution in [0.15, 0.2) is 24.3 Å². The number of benzene rings is 1. The van der Waals surface area contributed by atoms with Gasteiger partial charge in [0.1, 0.15) is 18.8 Å². The van der Waals surface area contributed by atoms with Crippen molar-refractivity contribution in [2.75, 3.05) is 20.3 Å². The van der Waals surface area contributed by atoms with Gasteiger partial charge in [-0.3, -0.25) is 0 Å². The van der Waals surface area contributed by atoms with Gasteiger partial charge in [-0.1, -0.05) is 0 Å². The average Bonchev–Trinajstić information content (AvgIpc) is 3.08. The van der Waals surface area contributed by atoms with Crippen molar-refractivity contribution in [3.8, 4) is 0 Å². The fourth-order valence-electron chi connectivity index (χ4n) is 2.64. The SMILES string of the molecule is COC(=O)c1ccc(C(=O)O[C@]2(O)CO[C@@H]3[C@@H](O)CO[C@@H]32)cc1. The number of ether oxygens (including phenoxy) is 4. The topological polar surface area (TPSA) is 112 Å². The number of esters is 2. The Kier molecular flexibility index (Phi) is 4.07. The molecule has 2 fully saturated rings. The quantitative estimate of drug-likeness (QED) is 0.564. The molecule has 1 aromatic rings. The number of methoxy groups -OCH3 is 1. The summed E-state index contributed by atoms with van der Waals surface area (Å²) >= 11 is 0. The van der Waals surface area contributed by atoms with Crippen LogP contribution < -0.4 is 0 Å². The fraction of sp³-hybridized carbons (Fsp3) is 0.467. The second kappa shape index (κ2) is 5.89. The Morgan fingerprint density at radius 3 is 2.39 bits per heavy atom. The van der Waals surface area contributed by atoms with Gasteiger partial charge in [0.2, 0.25) is 0 Å². The lowest BCUT2D eigenvalue weighted by Crippen LogP contribution is -2.47. The first-order valence-corrected chi connectivity index (χ1v) is 7.00. The van der Waals surface area contributed by atoms with Crippen LogP contribution in [0.25, 0.3) is 0 Å². The minimum absolute atomic E-state index is 0.00300. The van der Waals surface area contributed by atoms with Crippen molar-refractivity contribution in [2.45, 2.75) is 24.1 Å². The van der Waals surface area contributed by atoms with Crippen molar-refractivity contribution in [3.63, 3.8) is 0 Å². The molecule has 8 nitrogen and oxygen atoms in total. The molecule has 124 valence electrons. The molecule has 0 aliphatic carbocycles. The molecule has 8 heteroatoms. The van der Waals surface area contributed by atoms with Crippen LogP contribution in [0.2, 0.25) is 0 Å². The molecule has 23 heavy (non-hydrogen) atoms. The summed E-state index contributed by atoms with van der Waals surface area (Å²) in [5.74, 6) is -3.28. The van der Waals surface area contributed by atoms with E-state index in [9.17, 15) is 19.8 Å². The third-order valence-electron chi connectivity index (χ3n) is 3.86. The van der Waals surface area contributed by atoms with Gasteiger partial charge < -0.3 is 29.2 Å². The Morgan fingerprint density at radius 2 is 1.78 bits per heavy atom. The molecule has 4 atom stereocenters. The lowest BCUT2D eigenvalue weighted by Gasteiger charge is -2.26. The number of fused-ring (bicyclic) bond motifs is 1. The second-order valence-corrected chi connectivity index (χ2v) is 5.40. The molecule has 1 aromatic carbocycles. The lowest BCUT2D eigenvalue weighted by molar-refractivity contribution is -0.211. The molecule has 3 rings (SSSR count). The standard InChI is InChI=1S/C15H16O8/c1-20-13(17)8-2-4-9(5-3-8)14(18)23-15(19)7-22-11-10(16)6-21-12(11)15/h2-5,10-12,16,19H,6-7H2,1H3/t10-,11+,12-,15+/m0/s1. The molecule has 2 aliphatic rings. The summed E-state index contributed by atoms with van der Waals surface area (Å²) in [5, 5.41) is 20.1. The molecule has 0 aromatic heterocycles. The van der Waals surface area contributed by atoms with Crippen molar-refractivity contribution in [1.29, 1.82) is 0 Å². The third kappa shape index (κ3) is 2.81. The van der Waals surface area contributed by atoms with Crippen molar-refractivity contribution in [2.24, 2.45) is 0 Å². The van der Waals surface area contributed by atoms with Crippen LogP contribution >= 0.6 is 0 Å². The van der Waals surface area contributed by atoms with E-state index < -0.39 is 36.0 Å². The molecular formula is C15H16O8.